The number of aryl methyl sites for hydroxylation is 1. The molecule has 0 saturated carbocycles. The van der Waals surface area contributed by atoms with Gasteiger partial charge in [-0.15, -0.1) is 0 Å². The summed E-state index contributed by atoms with van der Waals surface area (Å²) in [5.41, 5.74) is 0.236. The van der Waals surface area contributed by atoms with Gasteiger partial charge in [-0.3, -0.25) is 4.68 Å². The highest BCUT2D eigenvalue weighted by molar-refractivity contribution is 9.10. The van der Waals surface area contributed by atoms with Crippen LogP contribution < -0.4 is 0 Å². The fraction of sp³-hybridized carbons (Fsp3) is 0.727. The zero-order valence-corrected chi connectivity index (χ0v) is 12.0. The Kier molecular flexibility index (Phi) is 3.66. The average Bonchev–Trinajstić information content (AvgIpc) is 2.73. The summed E-state index contributed by atoms with van der Waals surface area (Å²) in [4.78, 5) is 0. The molecule has 1 aliphatic heterocycles. The Morgan fingerprint density at radius 2 is 2.50 bits per heavy atom. The molecule has 0 amide bonds. The molecule has 1 aliphatic rings. The first-order chi connectivity index (χ1) is 7.57. The van der Waals surface area contributed by atoms with Crippen LogP contribution in [0, 0.1) is 0 Å². The predicted molar refractivity (Wildman–Crippen MR) is 70.7 cm³/mol. The molecule has 1 aromatic rings. The highest BCUT2D eigenvalue weighted by Crippen LogP contribution is 2.43. The molecule has 3 nitrogen and oxygen atoms in total. The lowest BCUT2D eigenvalue weighted by molar-refractivity contribution is 0.0506. The second kappa shape index (κ2) is 4.70. The van der Waals surface area contributed by atoms with Gasteiger partial charge in [0, 0.05) is 17.5 Å². The molecule has 16 heavy (non-hydrogen) atoms. The van der Waals surface area contributed by atoms with Gasteiger partial charge < -0.3 is 5.11 Å². The summed E-state index contributed by atoms with van der Waals surface area (Å²) in [5.74, 6) is 0.766. The van der Waals surface area contributed by atoms with Crippen LogP contribution in [0.2, 0.25) is 0 Å². The maximum absolute atomic E-state index is 10.7. The van der Waals surface area contributed by atoms with E-state index in [2.05, 4.69) is 34.9 Å². The third kappa shape index (κ3) is 2.17. The van der Waals surface area contributed by atoms with Gasteiger partial charge in [0.2, 0.25) is 0 Å². The third-order valence-corrected chi connectivity index (χ3v) is 4.86. The Balaban J connectivity index is 2.34. The van der Waals surface area contributed by atoms with Gasteiger partial charge >= 0.3 is 0 Å². The molecule has 90 valence electrons. The first-order valence-electron chi connectivity index (χ1n) is 5.62. The number of aromatic nitrogens is 2. The van der Waals surface area contributed by atoms with Gasteiger partial charge in [0.1, 0.15) is 5.60 Å². The molecule has 0 spiro atoms. The molecule has 1 saturated heterocycles. The number of thioether (sulfide) groups is 1. The molecule has 2 heterocycles. The molecule has 5 heteroatoms. The van der Waals surface area contributed by atoms with Crippen LogP contribution in [0.3, 0.4) is 0 Å². The maximum Gasteiger partial charge on any atom is 0.117 e. The second-order valence-electron chi connectivity index (χ2n) is 4.42. The number of hydrogen-bond donors (Lipinski definition) is 1. The van der Waals surface area contributed by atoms with E-state index >= 15 is 0 Å². The summed E-state index contributed by atoms with van der Waals surface area (Å²) >= 11 is 5.33. The molecule has 1 aromatic heterocycles. The highest BCUT2D eigenvalue weighted by atomic mass is 79.9. The van der Waals surface area contributed by atoms with Crippen LogP contribution in [0.25, 0.3) is 0 Å². The molecule has 1 fully saturated rings. The Labute approximate surface area is 109 Å². The van der Waals surface area contributed by atoms with E-state index in [9.17, 15) is 5.11 Å². The van der Waals surface area contributed by atoms with Crippen LogP contribution in [-0.4, -0.2) is 25.9 Å². The lowest BCUT2D eigenvalue weighted by Crippen LogP contribution is -2.29. The van der Waals surface area contributed by atoms with Gasteiger partial charge in [-0.1, -0.05) is 13.8 Å². The summed E-state index contributed by atoms with van der Waals surface area (Å²) in [7, 11) is 0. The summed E-state index contributed by atoms with van der Waals surface area (Å²) in [6.07, 6.45) is 3.63. The van der Waals surface area contributed by atoms with Crippen molar-refractivity contribution in [2.24, 2.45) is 0 Å². The molecule has 0 radical (unpaired) electrons. The minimum Gasteiger partial charge on any atom is -0.383 e. The highest BCUT2D eigenvalue weighted by Gasteiger charge is 2.41. The van der Waals surface area contributed by atoms with Crippen molar-refractivity contribution in [3.8, 4) is 0 Å². The minimum atomic E-state index is -0.714. The number of hydrogen-bond acceptors (Lipinski definition) is 3. The number of halogens is 1. The summed E-state index contributed by atoms with van der Waals surface area (Å²) in [5, 5.41) is 15.5. The summed E-state index contributed by atoms with van der Waals surface area (Å²) in [6, 6.07) is 0. The summed E-state index contributed by atoms with van der Waals surface area (Å²) in [6.45, 7) is 5.15. The Hall–Kier alpha value is -0.0000000000000000555. The van der Waals surface area contributed by atoms with E-state index in [-0.39, 0.29) is 0 Å². The van der Waals surface area contributed by atoms with E-state index < -0.39 is 5.60 Å². The molecule has 0 bridgehead atoms. The van der Waals surface area contributed by atoms with E-state index in [0.29, 0.717) is 5.25 Å². The van der Waals surface area contributed by atoms with Crippen molar-refractivity contribution in [3.63, 3.8) is 0 Å². The lowest BCUT2D eigenvalue weighted by Gasteiger charge is -2.23. The van der Waals surface area contributed by atoms with Crippen LogP contribution in [0.15, 0.2) is 10.7 Å². The zero-order valence-electron chi connectivity index (χ0n) is 9.61. The van der Waals surface area contributed by atoms with Gasteiger partial charge in [0.15, 0.2) is 0 Å². The topological polar surface area (TPSA) is 38.0 Å². The Morgan fingerprint density at radius 3 is 3.06 bits per heavy atom. The van der Waals surface area contributed by atoms with Crippen LogP contribution in [0.1, 0.15) is 32.4 Å². The molecular weight excluding hydrogens is 288 g/mol. The number of aliphatic hydroxyl groups is 1. The predicted octanol–water partition coefficient (Wildman–Crippen LogP) is 2.77. The fourth-order valence-electron chi connectivity index (χ4n) is 2.24. The standard InChI is InChI=1S/C11H17BrN2OS/c1-3-4-14-10(9(12)6-13-14)11(15)5-8(2)16-7-11/h6,8,15H,3-5,7H2,1-2H3. The quantitative estimate of drug-likeness (QED) is 0.933. The minimum absolute atomic E-state index is 0.516. The average molecular weight is 305 g/mol. The van der Waals surface area contributed by atoms with Crippen LogP contribution in [-0.2, 0) is 12.1 Å². The van der Waals surface area contributed by atoms with E-state index in [0.717, 1.165) is 35.3 Å². The molecular formula is C11H17BrN2OS. The molecule has 1 N–H and O–H groups in total. The second-order valence-corrected chi connectivity index (χ2v) is 6.70. The molecule has 0 aromatic carbocycles. The van der Waals surface area contributed by atoms with Crippen molar-refractivity contribution in [3.05, 3.63) is 16.4 Å². The van der Waals surface area contributed by atoms with Crippen LogP contribution in [0.5, 0.6) is 0 Å². The first-order valence-corrected chi connectivity index (χ1v) is 7.47. The van der Waals surface area contributed by atoms with Crippen molar-refractivity contribution in [1.29, 1.82) is 0 Å². The zero-order chi connectivity index (χ0) is 11.8. The van der Waals surface area contributed by atoms with Crippen molar-refractivity contribution < 1.29 is 5.11 Å². The van der Waals surface area contributed by atoms with E-state index in [1.165, 1.54) is 0 Å². The van der Waals surface area contributed by atoms with Crippen molar-refractivity contribution in [1.82, 2.24) is 9.78 Å². The molecule has 2 rings (SSSR count). The summed E-state index contributed by atoms with van der Waals surface area (Å²) < 4.78 is 2.86. The Morgan fingerprint density at radius 1 is 1.75 bits per heavy atom. The van der Waals surface area contributed by atoms with Gasteiger partial charge in [-0.2, -0.15) is 16.9 Å². The SMILES string of the molecule is CCCn1ncc(Br)c1C1(O)CSC(C)C1. The van der Waals surface area contributed by atoms with Crippen molar-refractivity contribution in [2.75, 3.05) is 5.75 Å². The monoisotopic (exact) mass is 304 g/mol. The number of rotatable bonds is 3. The molecule has 2 unspecified atom stereocenters. The van der Waals surface area contributed by atoms with E-state index in [1.54, 1.807) is 6.20 Å². The van der Waals surface area contributed by atoms with Gasteiger partial charge in [0.25, 0.3) is 0 Å². The maximum atomic E-state index is 10.7. The fourth-order valence-corrected chi connectivity index (χ4v) is 4.12. The molecule has 0 aliphatic carbocycles. The van der Waals surface area contributed by atoms with Crippen molar-refractivity contribution in [2.45, 2.75) is 44.1 Å². The Bertz CT molecular complexity index is 382. The first kappa shape index (κ1) is 12.5. The van der Waals surface area contributed by atoms with E-state index in [4.69, 9.17) is 0 Å². The van der Waals surface area contributed by atoms with Crippen LogP contribution in [0.4, 0.5) is 0 Å². The van der Waals surface area contributed by atoms with Gasteiger partial charge in [-0.05, 0) is 28.8 Å². The van der Waals surface area contributed by atoms with Gasteiger partial charge in [-0.25, -0.2) is 0 Å². The third-order valence-electron chi connectivity index (χ3n) is 2.90. The number of nitrogens with zero attached hydrogens (tertiary/aromatic N) is 2. The van der Waals surface area contributed by atoms with Gasteiger partial charge in [0.05, 0.1) is 16.4 Å². The van der Waals surface area contributed by atoms with E-state index in [1.807, 2.05) is 16.4 Å². The van der Waals surface area contributed by atoms with Crippen molar-refractivity contribution >= 4 is 27.7 Å². The largest absolute Gasteiger partial charge is 0.383 e. The lowest BCUT2D eigenvalue weighted by atomic mass is 9.96. The van der Waals surface area contributed by atoms with Crippen LogP contribution >= 0.6 is 27.7 Å². The smallest absolute Gasteiger partial charge is 0.117 e. The molecule has 2 atom stereocenters. The normalized spacial score (nSPS) is 29.9.